The van der Waals surface area contributed by atoms with E-state index < -0.39 is 12.0 Å². The third-order valence-electron chi connectivity index (χ3n) is 3.02. The summed E-state index contributed by atoms with van der Waals surface area (Å²) < 4.78 is 0. The fraction of sp³-hybridized carbons (Fsp3) is 0.0769. The highest BCUT2D eigenvalue weighted by atomic mass is 16.4. The number of H-pyrrole nitrogens is 1. The normalized spacial score (nSPS) is 12.9. The zero-order valence-electron chi connectivity index (χ0n) is 9.42. The predicted molar refractivity (Wildman–Crippen MR) is 68.2 cm³/mol. The number of hydrogen-bond donors (Lipinski definition) is 3. The van der Waals surface area contributed by atoms with Crippen molar-refractivity contribution < 1.29 is 9.90 Å². The van der Waals surface area contributed by atoms with Crippen molar-refractivity contribution in [2.75, 3.05) is 0 Å². The Bertz CT molecular complexity index is 748. The van der Waals surface area contributed by atoms with Crippen LogP contribution < -0.4 is 5.73 Å². The van der Waals surface area contributed by atoms with Crippen LogP contribution in [-0.4, -0.2) is 21.0 Å². The lowest BCUT2D eigenvalue weighted by Gasteiger charge is -2.06. The number of hydrogen-bond acceptors (Lipinski definition) is 3. The highest BCUT2D eigenvalue weighted by Crippen LogP contribution is 2.26. The maximum atomic E-state index is 10.9. The van der Waals surface area contributed by atoms with Crippen molar-refractivity contribution in [3.63, 3.8) is 0 Å². The molecule has 3 aromatic rings. The van der Waals surface area contributed by atoms with E-state index in [2.05, 4.69) is 9.97 Å². The molecule has 0 aliphatic heterocycles. The molecule has 0 aliphatic carbocycles. The molecular formula is C13H11N3O2. The van der Waals surface area contributed by atoms with Crippen LogP contribution in [0.1, 0.15) is 11.6 Å². The van der Waals surface area contributed by atoms with Gasteiger partial charge in [0.15, 0.2) is 0 Å². The monoisotopic (exact) mass is 241 g/mol. The van der Waals surface area contributed by atoms with Gasteiger partial charge in [0, 0.05) is 22.5 Å². The summed E-state index contributed by atoms with van der Waals surface area (Å²) in [7, 11) is 0. The summed E-state index contributed by atoms with van der Waals surface area (Å²) in [6.07, 6.45) is 1.71. The topological polar surface area (TPSA) is 92.0 Å². The number of nitrogens with two attached hydrogens (primary N) is 1. The number of pyridine rings is 1. The number of carboxylic acids is 1. The van der Waals surface area contributed by atoms with Crippen molar-refractivity contribution in [2.45, 2.75) is 6.04 Å². The molecule has 0 saturated heterocycles. The first kappa shape index (κ1) is 10.7. The standard InChI is InChI=1S/C13H11N3O2/c14-11(13(17)18)7-3-4-10-9(6-7)8-2-1-5-15-12(8)16-10/h1-6,11H,14H2,(H,15,16)(H,17,18). The Kier molecular flexibility index (Phi) is 2.28. The number of carboxylic acid groups (broad SMARTS) is 1. The van der Waals surface area contributed by atoms with Crippen LogP contribution in [0.3, 0.4) is 0 Å². The number of nitrogens with one attached hydrogen (secondary N) is 1. The van der Waals surface area contributed by atoms with Crippen LogP contribution in [0, 0.1) is 0 Å². The van der Waals surface area contributed by atoms with Gasteiger partial charge in [-0.05, 0) is 29.8 Å². The van der Waals surface area contributed by atoms with Gasteiger partial charge in [-0.15, -0.1) is 0 Å². The van der Waals surface area contributed by atoms with Gasteiger partial charge in [0.2, 0.25) is 0 Å². The van der Waals surface area contributed by atoms with Crippen molar-refractivity contribution in [2.24, 2.45) is 5.73 Å². The van der Waals surface area contributed by atoms with E-state index in [1.54, 1.807) is 18.3 Å². The number of nitrogens with zero attached hydrogens (tertiary/aromatic N) is 1. The summed E-state index contributed by atoms with van der Waals surface area (Å²) in [5.74, 6) is -1.03. The molecule has 1 unspecified atom stereocenters. The Morgan fingerprint density at radius 2 is 2.17 bits per heavy atom. The fourth-order valence-electron chi connectivity index (χ4n) is 2.08. The van der Waals surface area contributed by atoms with E-state index in [4.69, 9.17) is 10.8 Å². The zero-order valence-corrected chi connectivity index (χ0v) is 9.42. The second kappa shape index (κ2) is 3.82. The Morgan fingerprint density at radius 1 is 1.33 bits per heavy atom. The third kappa shape index (κ3) is 1.53. The van der Waals surface area contributed by atoms with Gasteiger partial charge in [-0.2, -0.15) is 0 Å². The van der Waals surface area contributed by atoms with Crippen molar-refractivity contribution in [3.05, 3.63) is 42.1 Å². The molecule has 5 heteroatoms. The van der Waals surface area contributed by atoms with Crippen LogP contribution in [-0.2, 0) is 4.79 Å². The number of rotatable bonds is 2. The quantitative estimate of drug-likeness (QED) is 0.637. The van der Waals surface area contributed by atoms with Crippen LogP contribution in [0.15, 0.2) is 36.5 Å². The smallest absolute Gasteiger partial charge is 0.325 e. The molecule has 3 rings (SSSR count). The average molecular weight is 241 g/mol. The molecule has 0 bridgehead atoms. The van der Waals surface area contributed by atoms with E-state index in [1.807, 2.05) is 18.2 Å². The molecule has 0 aliphatic rings. The number of aromatic amines is 1. The lowest BCUT2D eigenvalue weighted by atomic mass is 10.0. The molecule has 5 nitrogen and oxygen atoms in total. The van der Waals surface area contributed by atoms with Gasteiger partial charge in [0.25, 0.3) is 0 Å². The van der Waals surface area contributed by atoms with Crippen LogP contribution in [0.25, 0.3) is 21.9 Å². The van der Waals surface area contributed by atoms with E-state index in [-0.39, 0.29) is 0 Å². The average Bonchev–Trinajstić information content (AvgIpc) is 2.75. The van der Waals surface area contributed by atoms with E-state index >= 15 is 0 Å². The summed E-state index contributed by atoms with van der Waals surface area (Å²) in [5, 5.41) is 10.8. The number of carbonyl (C=O) groups is 1. The van der Waals surface area contributed by atoms with E-state index in [9.17, 15) is 4.79 Å². The van der Waals surface area contributed by atoms with Gasteiger partial charge in [-0.25, -0.2) is 4.98 Å². The van der Waals surface area contributed by atoms with Gasteiger partial charge >= 0.3 is 5.97 Å². The Morgan fingerprint density at radius 3 is 2.94 bits per heavy atom. The van der Waals surface area contributed by atoms with Gasteiger partial charge in [-0.3, -0.25) is 4.79 Å². The predicted octanol–water partition coefficient (Wildman–Crippen LogP) is 1.80. The minimum atomic E-state index is -1.03. The van der Waals surface area contributed by atoms with E-state index in [0.29, 0.717) is 5.56 Å². The molecule has 0 fully saturated rings. The minimum Gasteiger partial charge on any atom is -0.480 e. The fourth-order valence-corrected chi connectivity index (χ4v) is 2.08. The Balaban J connectivity index is 2.27. The maximum absolute atomic E-state index is 10.9. The summed E-state index contributed by atoms with van der Waals surface area (Å²) in [4.78, 5) is 18.3. The Hall–Kier alpha value is -2.40. The molecule has 0 saturated carbocycles. The van der Waals surface area contributed by atoms with Crippen LogP contribution in [0.4, 0.5) is 0 Å². The molecule has 1 atom stereocenters. The highest BCUT2D eigenvalue weighted by molar-refractivity contribution is 6.06. The molecule has 4 N–H and O–H groups in total. The number of fused-ring (bicyclic) bond motifs is 3. The van der Waals surface area contributed by atoms with Crippen molar-refractivity contribution in [1.82, 2.24) is 9.97 Å². The van der Waals surface area contributed by atoms with Crippen molar-refractivity contribution >= 4 is 27.9 Å². The lowest BCUT2D eigenvalue weighted by molar-refractivity contribution is -0.138. The van der Waals surface area contributed by atoms with Crippen LogP contribution >= 0.6 is 0 Å². The molecule has 2 aromatic heterocycles. The second-order valence-electron chi connectivity index (χ2n) is 4.15. The first-order valence-electron chi connectivity index (χ1n) is 5.51. The molecule has 1 aromatic carbocycles. The van der Waals surface area contributed by atoms with Gasteiger partial charge < -0.3 is 15.8 Å². The number of aromatic nitrogens is 2. The molecule has 18 heavy (non-hydrogen) atoms. The summed E-state index contributed by atoms with van der Waals surface area (Å²) >= 11 is 0. The van der Waals surface area contributed by atoms with Gasteiger partial charge in [0.1, 0.15) is 11.7 Å². The molecule has 0 radical (unpaired) electrons. The van der Waals surface area contributed by atoms with Crippen LogP contribution in [0.5, 0.6) is 0 Å². The van der Waals surface area contributed by atoms with Crippen molar-refractivity contribution in [1.29, 1.82) is 0 Å². The van der Waals surface area contributed by atoms with Crippen molar-refractivity contribution in [3.8, 4) is 0 Å². The van der Waals surface area contributed by atoms with Crippen LogP contribution in [0.2, 0.25) is 0 Å². The number of aliphatic carboxylic acids is 1. The molecule has 2 heterocycles. The molecular weight excluding hydrogens is 230 g/mol. The summed E-state index contributed by atoms with van der Waals surface area (Å²) in [5.41, 5.74) is 7.91. The SMILES string of the molecule is NC(C(=O)O)c1ccc2[nH]c3ncccc3c2c1. The van der Waals surface area contributed by atoms with E-state index in [1.165, 1.54) is 0 Å². The molecule has 90 valence electrons. The van der Waals surface area contributed by atoms with E-state index in [0.717, 1.165) is 21.9 Å². The molecule has 0 spiro atoms. The molecule has 0 amide bonds. The zero-order chi connectivity index (χ0) is 12.7. The minimum absolute atomic E-state index is 0.583. The summed E-state index contributed by atoms with van der Waals surface area (Å²) in [6.45, 7) is 0. The van der Waals surface area contributed by atoms with Gasteiger partial charge in [-0.1, -0.05) is 6.07 Å². The Labute approximate surface area is 102 Å². The largest absolute Gasteiger partial charge is 0.480 e. The highest BCUT2D eigenvalue weighted by Gasteiger charge is 2.15. The third-order valence-corrected chi connectivity index (χ3v) is 3.02. The number of benzene rings is 1. The lowest BCUT2D eigenvalue weighted by Crippen LogP contribution is -2.20. The van der Waals surface area contributed by atoms with Gasteiger partial charge in [0.05, 0.1) is 0 Å². The first-order chi connectivity index (χ1) is 8.66. The maximum Gasteiger partial charge on any atom is 0.325 e. The first-order valence-corrected chi connectivity index (χ1v) is 5.51. The second-order valence-corrected chi connectivity index (χ2v) is 4.15. The summed E-state index contributed by atoms with van der Waals surface area (Å²) in [6, 6.07) is 8.13.